The van der Waals surface area contributed by atoms with E-state index in [9.17, 15) is 4.79 Å². The number of para-hydroxylation sites is 1. The van der Waals surface area contributed by atoms with Crippen molar-refractivity contribution in [2.24, 2.45) is 0 Å². The van der Waals surface area contributed by atoms with E-state index in [2.05, 4.69) is 35.5 Å². The Hall–Kier alpha value is -4.27. The van der Waals surface area contributed by atoms with Crippen molar-refractivity contribution in [1.29, 1.82) is 0 Å². The number of hydrogen-bond donors (Lipinski definition) is 1. The van der Waals surface area contributed by atoms with Gasteiger partial charge in [0.2, 0.25) is 0 Å². The topological polar surface area (TPSA) is 72.3 Å². The van der Waals surface area contributed by atoms with Crippen LogP contribution in [-0.2, 0) is 5.54 Å². The third kappa shape index (κ3) is 4.90. The first-order valence-electron chi connectivity index (χ1n) is 14.7. The van der Waals surface area contributed by atoms with Gasteiger partial charge in [-0.1, -0.05) is 30.3 Å². The van der Waals surface area contributed by atoms with Crippen LogP contribution in [0.5, 0.6) is 5.75 Å². The second-order valence-corrected chi connectivity index (χ2v) is 12.9. The summed E-state index contributed by atoms with van der Waals surface area (Å²) in [6.07, 6.45) is 6.70. The first kappa shape index (κ1) is 26.6. The highest BCUT2D eigenvalue weighted by atomic mass is 28.1. The van der Waals surface area contributed by atoms with Gasteiger partial charge in [-0.2, -0.15) is 5.10 Å². The number of aromatic nitrogens is 3. The zero-order chi connectivity index (χ0) is 28.8. The van der Waals surface area contributed by atoms with E-state index in [1.165, 1.54) is 6.42 Å². The van der Waals surface area contributed by atoms with E-state index < -0.39 is 5.54 Å². The molecule has 2 fully saturated rings. The highest BCUT2D eigenvalue weighted by Crippen LogP contribution is 2.49. The van der Waals surface area contributed by atoms with Crippen LogP contribution in [0.15, 0.2) is 91.3 Å². The minimum Gasteiger partial charge on any atom is -0.494 e. The molecule has 1 amide bonds. The Balaban J connectivity index is 1.19. The van der Waals surface area contributed by atoms with Crippen LogP contribution in [0.1, 0.15) is 40.7 Å². The summed E-state index contributed by atoms with van der Waals surface area (Å²) in [6, 6.07) is 26.8. The van der Waals surface area contributed by atoms with E-state index in [0.717, 1.165) is 74.4 Å². The fraction of sp³-hybridized carbons (Fsp3) is 0.265. The monoisotopic (exact) mass is 573 g/mol. The first-order valence-corrected chi connectivity index (χ1v) is 15.9. The largest absolute Gasteiger partial charge is 0.494 e. The normalized spacial score (nSPS) is 18.4. The molecule has 5 aromatic rings. The second-order valence-electron chi connectivity index (χ2n) is 11.7. The molecule has 8 heteroatoms. The third-order valence-electron chi connectivity index (χ3n) is 8.91. The van der Waals surface area contributed by atoms with Crippen LogP contribution in [0, 0.1) is 6.92 Å². The Morgan fingerprint density at radius 3 is 2.64 bits per heavy atom. The highest BCUT2D eigenvalue weighted by Gasteiger charge is 2.47. The standard InChI is InChI=1S/C34H35N5O2Si/c1-22-10-11-25(41-33(42)31-13-17-38(31)2)21-27(22)32(40)36-34(14-15-34)28-19-23(20-30-26(28)9-6-16-35-30)29-12-18-39(37-29)24-7-4-3-5-8-24/h3-12,16,18-21,31,33H,13-15,17H2,1-2,42H3,(H,36,40)/t31-,33-/m0/s1. The van der Waals surface area contributed by atoms with E-state index in [1.54, 1.807) is 0 Å². The summed E-state index contributed by atoms with van der Waals surface area (Å²) in [5.41, 5.74) is 6.18. The molecule has 1 saturated heterocycles. The van der Waals surface area contributed by atoms with Crippen LogP contribution in [0.2, 0.25) is 0 Å². The number of hydrogen-bond acceptors (Lipinski definition) is 5. The molecule has 2 atom stereocenters. The summed E-state index contributed by atoms with van der Waals surface area (Å²) in [7, 11) is 3.08. The zero-order valence-electron chi connectivity index (χ0n) is 24.2. The molecule has 1 saturated carbocycles. The van der Waals surface area contributed by atoms with Crippen molar-refractivity contribution in [1.82, 2.24) is 25.0 Å². The molecule has 2 aromatic heterocycles. The van der Waals surface area contributed by atoms with Gasteiger partial charge < -0.3 is 15.0 Å². The average molecular weight is 574 g/mol. The smallest absolute Gasteiger partial charge is 0.252 e. The molecule has 212 valence electrons. The number of rotatable bonds is 8. The van der Waals surface area contributed by atoms with Crippen molar-refractivity contribution in [3.63, 3.8) is 0 Å². The Morgan fingerprint density at radius 1 is 1.07 bits per heavy atom. The number of likely N-dealkylation sites (tertiary alicyclic amines) is 1. The van der Waals surface area contributed by atoms with E-state index in [0.29, 0.717) is 11.6 Å². The van der Waals surface area contributed by atoms with E-state index in [4.69, 9.17) is 14.8 Å². The second kappa shape index (κ2) is 10.5. The summed E-state index contributed by atoms with van der Waals surface area (Å²) in [6.45, 7) is 3.11. The minimum absolute atomic E-state index is 0.0723. The number of nitrogens with zero attached hydrogens (tertiary/aromatic N) is 4. The summed E-state index contributed by atoms with van der Waals surface area (Å²) in [4.78, 5) is 20.9. The molecule has 7 nitrogen and oxygen atoms in total. The molecular formula is C34H35N5O2Si. The van der Waals surface area contributed by atoms with E-state index in [1.807, 2.05) is 84.7 Å². The molecule has 1 N–H and O–H groups in total. The Morgan fingerprint density at radius 2 is 1.90 bits per heavy atom. The predicted octanol–water partition coefficient (Wildman–Crippen LogP) is 4.59. The summed E-state index contributed by atoms with van der Waals surface area (Å²) in [5.74, 6) is 0.693. The van der Waals surface area contributed by atoms with Crippen LogP contribution in [-0.4, -0.2) is 61.2 Å². The van der Waals surface area contributed by atoms with Crippen molar-refractivity contribution in [3.8, 4) is 22.7 Å². The number of benzene rings is 3. The molecule has 0 bridgehead atoms. The number of aryl methyl sites for hydroxylation is 1. The van der Waals surface area contributed by atoms with Crippen LogP contribution in [0.4, 0.5) is 0 Å². The van der Waals surface area contributed by atoms with Crippen molar-refractivity contribution in [2.45, 2.75) is 43.5 Å². The first-order chi connectivity index (χ1) is 20.4. The summed E-state index contributed by atoms with van der Waals surface area (Å²) in [5, 5.41) is 9.35. The maximum atomic E-state index is 13.8. The highest BCUT2D eigenvalue weighted by molar-refractivity contribution is 6.11. The molecular weight excluding hydrogens is 538 g/mol. The lowest BCUT2D eigenvalue weighted by Gasteiger charge is -2.41. The Kier molecular flexibility index (Phi) is 6.67. The summed E-state index contributed by atoms with van der Waals surface area (Å²) >= 11 is 0. The SMILES string of the molecule is Cc1ccc(O[C@@H]([SiH3])[C@@H]2CCN2C)cc1C(=O)NC1(c2cc(-c3ccn(-c4ccccc4)n3)cc3ncccc23)CC1. The lowest BCUT2D eigenvalue weighted by Crippen LogP contribution is -2.53. The number of carbonyl (C=O) groups excluding carboxylic acids is 1. The van der Waals surface area contributed by atoms with Crippen LogP contribution in [0.25, 0.3) is 27.8 Å². The number of ether oxygens (including phenoxy) is 1. The van der Waals surface area contributed by atoms with Gasteiger partial charge in [-0.25, -0.2) is 4.68 Å². The van der Waals surface area contributed by atoms with Crippen molar-refractivity contribution < 1.29 is 9.53 Å². The van der Waals surface area contributed by atoms with E-state index >= 15 is 0 Å². The van der Waals surface area contributed by atoms with Crippen molar-refractivity contribution >= 4 is 27.1 Å². The van der Waals surface area contributed by atoms with Crippen molar-refractivity contribution in [3.05, 3.63) is 108 Å². The Labute approximate surface area is 249 Å². The number of likely N-dealkylation sites (N-methyl/N-ethyl adjacent to an activating group) is 1. The van der Waals surface area contributed by atoms with Gasteiger partial charge in [0.1, 0.15) is 5.75 Å². The maximum absolute atomic E-state index is 13.8. The Bertz CT molecular complexity index is 1780. The number of nitrogens with one attached hydrogen (secondary N) is 1. The van der Waals surface area contributed by atoms with Gasteiger partial charge in [0, 0.05) is 34.9 Å². The molecule has 1 aliphatic heterocycles. The lowest BCUT2D eigenvalue weighted by molar-refractivity contribution is 0.0562. The van der Waals surface area contributed by atoms with Crippen LogP contribution in [0.3, 0.4) is 0 Å². The van der Waals surface area contributed by atoms with Crippen LogP contribution >= 0.6 is 0 Å². The molecule has 3 heterocycles. The number of pyridine rings is 1. The third-order valence-corrected chi connectivity index (χ3v) is 9.91. The molecule has 0 spiro atoms. The van der Waals surface area contributed by atoms with Gasteiger partial charge in [0.15, 0.2) is 0 Å². The molecule has 1 aliphatic carbocycles. The average Bonchev–Trinajstić information content (AvgIpc) is 3.60. The van der Waals surface area contributed by atoms with Gasteiger partial charge >= 0.3 is 0 Å². The molecule has 3 aromatic carbocycles. The molecule has 0 radical (unpaired) electrons. The van der Waals surface area contributed by atoms with Gasteiger partial charge in [0.05, 0.1) is 38.4 Å². The fourth-order valence-corrected chi connectivity index (χ4v) is 7.26. The van der Waals surface area contributed by atoms with E-state index in [-0.39, 0.29) is 11.6 Å². The van der Waals surface area contributed by atoms with Crippen LogP contribution < -0.4 is 10.1 Å². The number of fused-ring (bicyclic) bond motifs is 1. The molecule has 0 unspecified atom stereocenters. The number of carbonyl (C=O) groups is 1. The predicted molar refractivity (Wildman–Crippen MR) is 169 cm³/mol. The molecule has 7 rings (SSSR count). The van der Waals surface area contributed by atoms with Gasteiger partial charge in [-0.3, -0.25) is 9.78 Å². The minimum atomic E-state index is -0.450. The zero-order valence-corrected chi connectivity index (χ0v) is 26.2. The fourth-order valence-electron chi connectivity index (χ4n) is 6.14. The number of amides is 1. The quantitative estimate of drug-likeness (QED) is 0.275. The maximum Gasteiger partial charge on any atom is 0.252 e. The molecule has 42 heavy (non-hydrogen) atoms. The summed E-state index contributed by atoms with van der Waals surface area (Å²) < 4.78 is 8.23. The van der Waals surface area contributed by atoms with Crippen molar-refractivity contribution in [2.75, 3.05) is 13.6 Å². The molecule has 2 aliphatic rings. The lowest BCUT2D eigenvalue weighted by atomic mass is 9.95. The van der Waals surface area contributed by atoms with Gasteiger partial charge in [0.25, 0.3) is 5.91 Å². The van der Waals surface area contributed by atoms with Gasteiger partial charge in [-0.05, 0) is 99.4 Å². The van der Waals surface area contributed by atoms with Gasteiger partial charge in [-0.15, -0.1) is 0 Å².